The number of benzene rings is 1. The highest BCUT2D eigenvalue weighted by Crippen LogP contribution is 2.27. The molecular weight excluding hydrogens is 266 g/mol. The zero-order valence-electron chi connectivity index (χ0n) is 10.0. The van der Waals surface area contributed by atoms with Crippen LogP contribution in [-0.2, 0) is 10.0 Å². The van der Waals surface area contributed by atoms with Crippen LogP contribution in [0.1, 0.15) is 42.7 Å². The van der Waals surface area contributed by atoms with E-state index in [1.807, 2.05) is 6.92 Å². The number of sulfonamides is 1. The molecule has 0 amide bonds. The number of hydrogen-bond donors (Lipinski definition) is 1. The molecule has 1 fully saturated rings. The van der Waals surface area contributed by atoms with Crippen molar-refractivity contribution in [1.29, 1.82) is 0 Å². The fraction of sp³-hybridized carbons (Fsp3) is 0.462. The summed E-state index contributed by atoms with van der Waals surface area (Å²) in [5, 5.41) is 8.80. The molecule has 0 unspecified atom stereocenters. The van der Waals surface area contributed by atoms with Crippen molar-refractivity contribution >= 4 is 16.0 Å². The van der Waals surface area contributed by atoms with Crippen LogP contribution >= 0.6 is 0 Å². The number of carboxylic acids is 1. The summed E-state index contributed by atoms with van der Waals surface area (Å²) in [5.74, 6) is -0.784. The minimum Gasteiger partial charge on any atom is -0.478 e. The average molecular weight is 285 g/mol. The maximum atomic E-state index is 11.8. The summed E-state index contributed by atoms with van der Waals surface area (Å²) in [6, 6.07) is 6.08. The maximum Gasteiger partial charge on any atom is 0.335 e. The van der Waals surface area contributed by atoms with Crippen LogP contribution in [0.2, 0.25) is 0 Å². The molecule has 0 aromatic heterocycles. The van der Waals surface area contributed by atoms with Crippen LogP contribution in [-0.4, -0.2) is 36.1 Å². The summed E-state index contributed by atoms with van der Waals surface area (Å²) in [6.07, 6.45) is 0.653. The van der Waals surface area contributed by atoms with Crippen LogP contribution in [0.25, 0.3) is 0 Å². The van der Waals surface area contributed by atoms with E-state index in [4.69, 9.17) is 5.11 Å². The Morgan fingerprint density at radius 2 is 1.89 bits per heavy atom. The van der Waals surface area contributed by atoms with Gasteiger partial charge in [-0.25, -0.2) is 13.2 Å². The zero-order valence-corrected chi connectivity index (χ0v) is 10.9. The molecule has 1 heterocycles. The molecule has 5 nitrogen and oxygen atoms in total. The Bertz CT molecular complexity index is 551. The molecule has 1 aromatic rings. The topological polar surface area (TPSA) is 74.7 Å². The van der Waals surface area contributed by atoms with Crippen LogP contribution in [0, 0.1) is 0 Å². The quantitative estimate of drug-likeness (QED) is 0.923. The zero-order chi connectivity index (χ0) is 13.3. The van der Waals surface area contributed by atoms with Gasteiger partial charge in [0.15, 0.2) is 0 Å². The summed E-state index contributed by atoms with van der Waals surface area (Å²) >= 11 is 0. The molecule has 1 saturated heterocycles. The Hall–Kier alpha value is -1.40. The highest BCUT2D eigenvalue weighted by Gasteiger charge is 2.32. The summed E-state index contributed by atoms with van der Waals surface area (Å²) in [4.78, 5) is 10.7. The molecule has 1 atom stereocenters. The largest absolute Gasteiger partial charge is 0.478 e. The number of nitrogens with zero attached hydrogens (tertiary/aromatic N) is 1. The monoisotopic (exact) mass is 285 g/mol. The molecule has 6 heteroatoms. The van der Waals surface area contributed by atoms with Gasteiger partial charge in [-0.2, -0.15) is 4.31 Å². The minimum atomic E-state index is -3.14. The van der Waals surface area contributed by atoms with Gasteiger partial charge in [0, 0.05) is 12.6 Å². The fourth-order valence-corrected chi connectivity index (χ4v) is 3.90. The standard InChI is InChI=1S/C12H15NO4S.CH4/c1-9(13-7-2-8-18(13,16)17)10-3-5-11(6-4-10)12(14)15;/h3-6,9H,2,7-8H2,1H3,(H,14,15);1H4/t9-;/m0./s1. The van der Waals surface area contributed by atoms with Crippen molar-refractivity contribution in [2.75, 3.05) is 12.3 Å². The second-order valence-electron chi connectivity index (χ2n) is 4.38. The van der Waals surface area contributed by atoms with E-state index in [-0.39, 0.29) is 24.8 Å². The molecule has 0 bridgehead atoms. The van der Waals surface area contributed by atoms with E-state index in [0.29, 0.717) is 13.0 Å². The molecule has 0 aliphatic carbocycles. The Kier molecular flexibility index (Phi) is 4.70. The number of hydrogen-bond acceptors (Lipinski definition) is 3. The molecule has 1 N–H and O–H groups in total. The maximum absolute atomic E-state index is 11.8. The minimum absolute atomic E-state index is 0. The Morgan fingerprint density at radius 3 is 2.32 bits per heavy atom. The lowest BCUT2D eigenvalue weighted by Crippen LogP contribution is -2.28. The number of aromatic carboxylic acids is 1. The molecule has 0 spiro atoms. The van der Waals surface area contributed by atoms with Crippen LogP contribution in [0.5, 0.6) is 0 Å². The molecule has 1 aliphatic heterocycles. The third kappa shape index (κ3) is 3.13. The lowest BCUT2D eigenvalue weighted by Gasteiger charge is -2.23. The van der Waals surface area contributed by atoms with E-state index in [0.717, 1.165) is 5.56 Å². The first-order valence-corrected chi connectivity index (χ1v) is 7.35. The third-order valence-electron chi connectivity index (χ3n) is 3.21. The number of carbonyl (C=O) groups is 1. The van der Waals surface area contributed by atoms with Gasteiger partial charge in [-0.15, -0.1) is 0 Å². The Morgan fingerprint density at radius 1 is 1.32 bits per heavy atom. The van der Waals surface area contributed by atoms with E-state index < -0.39 is 16.0 Å². The molecule has 1 aliphatic rings. The van der Waals surface area contributed by atoms with Gasteiger partial charge in [0.2, 0.25) is 10.0 Å². The molecule has 1 aromatic carbocycles. The van der Waals surface area contributed by atoms with Crippen molar-refractivity contribution in [2.24, 2.45) is 0 Å². The van der Waals surface area contributed by atoms with Gasteiger partial charge in [0.25, 0.3) is 0 Å². The second kappa shape index (κ2) is 5.71. The summed E-state index contributed by atoms with van der Waals surface area (Å²) < 4.78 is 25.0. The van der Waals surface area contributed by atoms with E-state index in [1.165, 1.54) is 16.4 Å². The normalized spacial score (nSPS) is 19.6. The van der Waals surface area contributed by atoms with Crippen molar-refractivity contribution in [2.45, 2.75) is 26.8 Å². The Balaban J connectivity index is 0.00000180. The lowest BCUT2D eigenvalue weighted by molar-refractivity contribution is 0.0697. The van der Waals surface area contributed by atoms with Gasteiger partial charge >= 0.3 is 5.97 Å². The smallest absolute Gasteiger partial charge is 0.335 e. The highest BCUT2D eigenvalue weighted by molar-refractivity contribution is 7.89. The first-order chi connectivity index (χ1) is 8.42. The van der Waals surface area contributed by atoms with Crippen molar-refractivity contribution in [3.63, 3.8) is 0 Å². The molecule has 2 rings (SSSR count). The third-order valence-corrected chi connectivity index (χ3v) is 5.23. The van der Waals surface area contributed by atoms with E-state index >= 15 is 0 Å². The van der Waals surface area contributed by atoms with Crippen molar-refractivity contribution in [3.05, 3.63) is 35.4 Å². The van der Waals surface area contributed by atoms with E-state index in [1.54, 1.807) is 12.1 Å². The van der Waals surface area contributed by atoms with E-state index in [9.17, 15) is 13.2 Å². The summed E-state index contributed by atoms with van der Waals surface area (Å²) in [7, 11) is -3.14. The molecular formula is C13H19NO4S. The van der Waals surface area contributed by atoms with Crippen LogP contribution in [0.15, 0.2) is 24.3 Å². The van der Waals surface area contributed by atoms with Gasteiger partial charge < -0.3 is 5.11 Å². The second-order valence-corrected chi connectivity index (χ2v) is 6.42. The van der Waals surface area contributed by atoms with Crippen molar-refractivity contribution in [1.82, 2.24) is 4.31 Å². The van der Waals surface area contributed by atoms with Crippen LogP contribution in [0.3, 0.4) is 0 Å². The van der Waals surface area contributed by atoms with Crippen LogP contribution < -0.4 is 0 Å². The van der Waals surface area contributed by atoms with Gasteiger partial charge in [-0.3, -0.25) is 0 Å². The SMILES string of the molecule is C.C[C@@H](c1ccc(C(=O)O)cc1)N1CCCS1(=O)=O. The van der Waals surface area contributed by atoms with E-state index in [2.05, 4.69) is 0 Å². The van der Waals surface area contributed by atoms with Gasteiger partial charge in [0.05, 0.1) is 11.3 Å². The van der Waals surface area contributed by atoms with Gasteiger partial charge in [-0.1, -0.05) is 19.6 Å². The van der Waals surface area contributed by atoms with Crippen LogP contribution in [0.4, 0.5) is 0 Å². The molecule has 0 radical (unpaired) electrons. The number of rotatable bonds is 3. The first-order valence-electron chi connectivity index (χ1n) is 5.74. The fourth-order valence-electron chi connectivity index (χ4n) is 2.16. The van der Waals surface area contributed by atoms with Gasteiger partial charge in [-0.05, 0) is 31.0 Å². The highest BCUT2D eigenvalue weighted by atomic mass is 32.2. The first kappa shape index (κ1) is 15.7. The molecule has 106 valence electrons. The average Bonchev–Trinajstić information content (AvgIpc) is 2.68. The Labute approximate surface area is 113 Å². The predicted octanol–water partition coefficient (Wildman–Crippen LogP) is 2.12. The molecule has 19 heavy (non-hydrogen) atoms. The predicted molar refractivity (Wildman–Crippen MR) is 73.7 cm³/mol. The summed E-state index contributed by atoms with van der Waals surface area (Å²) in [5.41, 5.74) is 1.01. The summed E-state index contributed by atoms with van der Waals surface area (Å²) in [6.45, 7) is 2.35. The van der Waals surface area contributed by atoms with Gasteiger partial charge in [0.1, 0.15) is 0 Å². The molecule has 0 saturated carbocycles. The van der Waals surface area contributed by atoms with Crippen molar-refractivity contribution in [3.8, 4) is 0 Å². The number of carboxylic acid groups (broad SMARTS) is 1. The van der Waals surface area contributed by atoms with Crippen molar-refractivity contribution < 1.29 is 18.3 Å². The lowest BCUT2D eigenvalue weighted by atomic mass is 10.1.